The number of hydrogen-bond donors (Lipinski definition) is 1. The van der Waals surface area contributed by atoms with E-state index < -0.39 is 11.6 Å². The molecule has 1 fully saturated rings. The Balaban J connectivity index is 2.07. The van der Waals surface area contributed by atoms with E-state index in [1.165, 1.54) is 0 Å². The minimum absolute atomic E-state index is 0.219. The number of hydrogen-bond acceptors (Lipinski definition) is 2. The van der Waals surface area contributed by atoms with Gasteiger partial charge in [0.1, 0.15) is 0 Å². The van der Waals surface area contributed by atoms with Crippen LogP contribution in [0.1, 0.15) is 45.7 Å². The van der Waals surface area contributed by atoms with Crippen LogP contribution in [-0.4, -0.2) is 37.6 Å². The molecule has 0 aromatic carbocycles. The molecule has 7 heteroatoms. The van der Waals surface area contributed by atoms with Crippen LogP contribution in [0.25, 0.3) is 5.65 Å². The van der Waals surface area contributed by atoms with Gasteiger partial charge in [0, 0.05) is 25.4 Å². The van der Waals surface area contributed by atoms with E-state index in [-0.39, 0.29) is 5.41 Å². The number of likely N-dealkylation sites (tertiary alicyclic amines) is 1. The molecule has 5 nitrogen and oxygen atoms in total. The summed E-state index contributed by atoms with van der Waals surface area (Å²) < 4.78 is 1.81. The fourth-order valence-corrected chi connectivity index (χ4v) is 4.53. The number of carbonyl (C=O) groups is 1. The Bertz CT molecular complexity index is 812. The standard InChI is InChI=1S/C18H23Cl2N3O2/c1-17(2,3)18(6-4-5-7-23(18)16(24)25)9-13-11-22-10-12(19)8-14(20)15(22)21-13/h8,10-11H,4-7,9H2,1-3H3,(H,24,25)/t18-/m0/s1. The highest BCUT2D eigenvalue weighted by Crippen LogP contribution is 2.45. The maximum absolute atomic E-state index is 11.9. The number of halogens is 2. The molecule has 1 N–H and O–H groups in total. The average Bonchev–Trinajstić information content (AvgIpc) is 2.88. The second kappa shape index (κ2) is 6.36. The fourth-order valence-electron chi connectivity index (χ4n) is 4.00. The van der Waals surface area contributed by atoms with E-state index in [9.17, 15) is 9.90 Å². The number of carboxylic acid groups (broad SMARTS) is 1. The molecule has 2 aromatic rings. The van der Waals surface area contributed by atoms with Crippen molar-refractivity contribution in [1.29, 1.82) is 0 Å². The van der Waals surface area contributed by atoms with Crippen molar-refractivity contribution in [2.75, 3.05) is 6.54 Å². The lowest BCUT2D eigenvalue weighted by molar-refractivity contribution is -0.0251. The smallest absolute Gasteiger partial charge is 0.407 e. The molecular formula is C18H23Cl2N3O2. The third-order valence-electron chi connectivity index (χ3n) is 5.36. The van der Waals surface area contributed by atoms with Crippen LogP contribution in [0.4, 0.5) is 4.79 Å². The van der Waals surface area contributed by atoms with E-state index in [2.05, 4.69) is 25.8 Å². The van der Waals surface area contributed by atoms with E-state index in [1.807, 2.05) is 10.6 Å². The summed E-state index contributed by atoms with van der Waals surface area (Å²) in [7, 11) is 0. The highest BCUT2D eigenvalue weighted by molar-refractivity contribution is 6.36. The van der Waals surface area contributed by atoms with Gasteiger partial charge in [0.15, 0.2) is 5.65 Å². The zero-order chi connectivity index (χ0) is 18.4. The summed E-state index contributed by atoms with van der Waals surface area (Å²) >= 11 is 12.3. The Morgan fingerprint density at radius 2 is 2.04 bits per heavy atom. The van der Waals surface area contributed by atoms with Gasteiger partial charge in [-0.1, -0.05) is 44.0 Å². The van der Waals surface area contributed by atoms with Crippen molar-refractivity contribution in [3.8, 4) is 0 Å². The van der Waals surface area contributed by atoms with Gasteiger partial charge >= 0.3 is 6.09 Å². The summed E-state index contributed by atoms with van der Waals surface area (Å²) in [4.78, 5) is 18.2. The Hall–Kier alpha value is -1.46. The second-order valence-electron chi connectivity index (χ2n) is 7.82. The highest BCUT2D eigenvalue weighted by atomic mass is 35.5. The van der Waals surface area contributed by atoms with Crippen molar-refractivity contribution in [1.82, 2.24) is 14.3 Å². The first-order chi connectivity index (χ1) is 11.6. The molecule has 2 aromatic heterocycles. The fraction of sp³-hybridized carbons (Fsp3) is 0.556. The first kappa shape index (κ1) is 18.3. The molecule has 3 rings (SSSR count). The Kier molecular flexibility index (Phi) is 4.67. The number of amides is 1. The predicted molar refractivity (Wildman–Crippen MR) is 99.7 cm³/mol. The van der Waals surface area contributed by atoms with Gasteiger partial charge in [-0.25, -0.2) is 9.78 Å². The van der Waals surface area contributed by atoms with E-state index in [0.29, 0.717) is 28.7 Å². The number of rotatable bonds is 2. The molecule has 0 saturated carbocycles. The molecule has 3 heterocycles. The lowest BCUT2D eigenvalue weighted by Gasteiger charge is -2.53. The zero-order valence-corrected chi connectivity index (χ0v) is 16.2. The van der Waals surface area contributed by atoms with Gasteiger partial charge in [0.05, 0.1) is 21.3 Å². The van der Waals surface area contributed by atoms with Crippen molar-refractivity contribution in [3.63, 3.8) is 0 Å². The number of fused-ring (bicyclic) bond motifs is 1. The van der Waals surface area contributed by atoms with Gasteiger partial charge in [-0.05, 0) is 30.7 Å². The van der Waals surface area contributed by atoms with E-state index in [0.717, 1.165) is 25.0 Å². The minimum atomic E-state index is -0.862. The first-order valence-electron chi connectivity index (χ1n) is 8.47. The molecule has 136 valence electrons. The average molecular weight is 384 g/mol. The van der Waals surface area contributed by atoms with Crippen molar-refractivity contribution in [2.24, 2.45) is 5.41 Å². The minimum Gasteiger partial charge on any atom is -0.465 e. The van der Waals surface area contributed by atoms with Crippen LogP contribution in [0, 0.1) is 5.41 Å². The number of piperidine rings is 1. The van der Waals surface area contributed by atoms with Crippen LogP contribution in [0.3, 0.4) is 0 Å². The van der Waals surface area contributed by atoms with Gasteiger partial charge in [-0.3, -0.25) is 0 Å². The van der Waals surface area contributed by atoms with Crippen LogP contribution in [0.2, 0.25) is 10.0 Å². The summed E-state index contributed by atoms with van der Waals surface area (Å²) in [6.45, 7) is 6.88. The Morgan fingerprint density at radius 3 is 2.68 bits per heavy atom. The Labute approximate surface area is 157 Å². The van der Waals surface area contributed by atoms with Crippen molar-refractivity contribution in [3.05, 3.63) is 34.2 Å². The molecule has 25 heavy (non-hydrogen) atoms. The van der Waals surface area contributed by atoms with Crippen LogP contribution in [0.5, 0.6) is 0 Å². The third-order valence-corrected chi connectivity index (χ3v) is 5.85. The molecule has 1 aliphatic rings. The molecule has 1 amide bonds. The van der Waals surface area contributed by atoms with Crippen molar-refractivity contribution >= 4 is 34.9 Å². The topological polar surface area (TPSA) is 57.8 Å². The zero-order valence-electron chi connectivity index (χ0n) is 14.7. The van der Waals surface area contributed by atoms with Gasteiger partial charge in [-0.15, -0.1) is 0 Å². The molecule has 1 aliphatic heterocycles. The SMILES string of the molecule is CC(C)(C)[C@@]1(Cc2cn3cc(Cl)cc(Cl)c3n2)CCCCN1C(=O)O. The van der Waals surface area contributed by atoms with Crippen LogP contribution < -0.4 is 0 Å². The highest BCUT2D eigenvalue weighted by Gasteiger charge is 2.50. The van der Waals surface area contributed by atoms with Gasteiger partial charge in [0.25, 0.3) is 0 Å². The quantitative estimate of drug-likeness (QED) is 0.781. The molecule has 0 bridgehead atoms. The first-order valence-corrected chi connectivity index (χ1v) is 9.23. The number of pyridine rings is 1. The van der Waals surface area contributed by atoms with E-state index >= 15 is 0 Å². The van der Waals surface area contributed by atoms with Crippen LogP contribution in [0.15, 0.2) is 18.5 Å². The van der Waals surface area contributed by atoms with Crippen LogP contribution in [-0.2, 0) is 6.42 Å². The summed E-state index contributed by atoms with van der Waals surface area (Å²) in [5.41, 5.74) is 0.754. The Morgan fingerprint density at radius 1 is 1.32 bits per heavy atom. The van der Waals surface area contributed by atoms with Gasteiger partial charge < -0.3 is 14.4 Å². The van der Waals surface area contributed by atoms with Crippen LogP contribution >= 0.6 is 23.2 Å². The molecule has 0 radical (unpaired) electrons. The van der Waals surface area contributed by atoms with Gasteiger partial charge in [-0.2, -0.15) is 0 Å². The maximum Gasteiger partial charge on any atom is 0.407 e. The van der Waals surface area contributed by atoms with E-state index in [4.69, 9.17) is 23.2 Å². The molecule has 0 unspecified atom stereocenters. The summed E-state index contributed by atoms with van der Waals surface area (Å²) in [5, 5.41) is 10.8. The summed E-state index contributed by atoms with van der Waals surface area (Å²) in [6.07, 6.45) is 6.09. The summed E-state index contributed by atoms with van der Waals surface area (Å²) in [5.74, 6) is 0. The van der Waals surface area contributed by atoms with Gasteiger partial charge in [0.2, 0.25) is 0 Å². The molecule has 0 aliphatic carbocycles. The third kappa shape index (κ3) is 3.20. The molecule has 0 spiro atoms. The number of imidazole rings is 1. The molecule has 1 atom stereocenters. The molecule has 1 saturated heterocycles. The molecular weight excluding hydrogens is 361 g/mol. The predicted octanol–water partition coefficient (Wildman–Crippen LogP) is 5.13. The van der Waals surface area contributed by atoms with E-state index in [1.54, 1.807) is 17.2 Å². The normalized spacial score (nSPS) is 21.7. The monoisotopic (exact) mass is 383 g/mol. The number of nitrogens with zero attached hydrogens (tertiary/aromatic N) is 3. The number of aromatic nitrogens is 2. The maximum atomic E-state index is 11.9. The van der Waals surface area contributed by atoms with Crippen molar-refractivity contribution < 1.29 is 9.90 Å². The lowest BCUT2D eigenvalue weighted by atomic mass is 9.65. The largest absolute Gasteiger partial charge is 0.465 e. The second-order valence-corrected chi connectivity index (χ2v) is 8.66. The lowest BCUT2D eigenvalue weighted by Crippen LogP contribution is -2.62. The summed E-state index contributed by atoms with van der Waals surface area (Å²) in [6, 6.07) is 1.67. The van der Waals surface area contributed by atoms with Crippen molar-refractivity contribution in [2.45, 2.75) is 52.0 Å².